The first-order valence-electron chi connectivity index (χ1n) is 16.5. The third-order valence-corrected chi connectivity index (χ3v) is 9.74. The third kappa shape index (κ3) is 7.95. The molecule has 0 amide bonds. The van der Waals surface area contributed by atoms with Gasteiger partial charge in [-0.15, -0.1) is 0 Å². The number of hydrogen-bond acceptors (Lipinski definition) is 17. The van der Waals surface area contributed by atoms with Crippen LogP contribution in [-0.2, 0) is 45.8 Å². The van der Waals surface area contributed by atoms with Crippen LogP contribution in [0.25, 0.3) is 11.2 Å². The molecule has 4 unspecified atom stereocenters. The molecule has 0 saturated carbocycles. The number of benzene rings is 2. The topological polar surface area (TPSA) is 297 Å². The molecule has 0 bridgehead atoms. The highest BCUT2D eigenvalue weighted by Gasteiger charge is 2.52. The third-order valence-electron chi connectivity index (χ3n) is 8.75. The Hall–Kier alpha value is -4.93. The Kier molecular flexibility index (Phi) is 10.9. The Labute approximate surface area is 304 Å². The quantitative estimate of drug-likeness (QED) is 0.0794. The smallest absolute Gasteiger partial charge is 0.394 e. The molecule has 0 aliphatic carbocycles. The lowest BCUT2D eigenvalue weighted by atomic mass is 10.1. The van der Waals surface area contributed by atoms with Crippen molar-refractivity contribution in [2.24, 2.45) is 0 Å². The first-order valence-corrected chi connectivity index (χ1v) is 18.0. The number of anilines is 2. The number of nitrogens with two attached hydrogens (primary N) is 2. The second-order valence-corrected chi connectivity index (χ2v) is 13.7. The number of phosphoric ester groups is 1. The molecule has 0 spiro atoms. The van der Waals surface area contributed by atoms with Crippen molar-refractivity contribution in [3.05, 3.63) is 105 Å². The molecule has 2 aromatic carbocycles. The van der Waals surface area contributed by atoms with Gasteiger partial charge in [-0.3, -0.25) is 28.0 Å². The van der Waals surface area contributed by atoms with Crippen LogP contribution in [-0.4, -0.2) is 99.0 Å². The molecule has 54 heavy (non-hydrogen) atoms. The number of aromatic amines is 1. The molecular formula is C32H36N9O12P. The van der Waals surface area contributed by atoms with Crippen LogP contribution >= 0.6 is 7.82 Å². The average Bonchev–Trinajstić information content (AvgIpc) is 3.82. The van der Waals surface area contributed by atoms with E-state index < -0.39 is 81.4 Å². The van der Waals surface area contributed by atoms with E-state index in [1.807, 2.05) is 12.1 Å². The lowest BCUT2D eigenvalue weighted by Gasteiger charge is -2.26. The van der Waals surface area contributed by atoms with Crippen molar-refractivity contribution in [1.29, 1.82) is 0 Å². The van der Waals surface area contributed by atoms with E-state index in [0.717, 1.165) is 22.0 Å². The zero-order valence-electron chi connectivity index (χ0n) is 28.2. The van der Waals surface area contributed by atoms with Gasteiger partial charge in [-0.25, -0.2) is 19.3 Å². The number of nitrogen functional groups attached to an aromatic ring is 2. The summed E-state index contributed by atoms with van der Waals surface area (Å²) >= 11 is 0. The first kappa shape index (κ1) is 37.4. The molecule has 0 radical (unpaired) electrons. The minimum Gasteiger partial charge on any atom is -0.394 e. The van der Waals surface area contributed by atoms with Crippen LogP contribution in [0.15, 0.2) is 82.9 Å². The molecule has 286 valence electrons. The fraction of sp³-hybridized carbons (Fsp3) is 0.375. The number of aliphatic hydroxyl groups is 2. The van der Waals surface area contributed by atoms with Crippen molar-refractivity contribution in [2.75, 3.05) is 24.7 Å². The van der Waals surface area contributed by atoms with E-state index in [1.165, 1.54) is 10.9 Å². The normalized spacial score (nSPS) is 26.6. The molecule has 5 aromatic rings. The maximum atomic E-state index is 13.6. The minimum absolute atomic E-state index is 0.0145. The second-order valence-electron chi connectivity index (χ2n) is 12.3. The maximum absolute atomic E-state index is 13.6. The summed E-state index contributed by atoms with van der Waals surface area (Å²) in [7, 11) is -5.09. The number of rotatable bonds is 14. The van der Waals surface area contributed by atoms with Gasteiger partial charge in [-0.05, 0) is 11.1 Å². The Bertz CT molecular complexity index is 2230. The van der Waals surface area contributed by atoms with Gasteiger partial charge < -0.3 is 45.5 Å². The summed E-state index contributed by atoms with van der Waals surface area (Å²) in [5, 5.41) is 21.6. The molecule has 2 saturated heterocycles. The molecule has 21 nitrogen and oxygen atoms in total. The van der Waals surface area contributed by atoms with Crippen molar-refractivity contribution in [1.82, 2.24) is 34.1 Å². The molecule has 22 heteroatoms. The van der Waals surface area contributed by atoms with Crippen molar-refractivity contribution in [3.8, 4) is 0 Å². The number of aliphatic hydroxyl groups excluding tert-OH is 2. The van der Waals surface area contributed by atoms with Crippen LogP contribution in [0.2, 0.25) is 0 Å². The number of nitrogens with one attached hydrogen (secondary N) is 1. The highest BCUT2D eigenvalue weighted by atomic mass is 31.2. The molecule has 2 aliphatic heterocycles. The van der Waals surface area contributed by atoms with E-state index in [-0.39, 0.29) is 36.3 Å². The summed E-state index contributed by atoms with van der Waals surface area (Å²) < 4.78 is 51.1. The highest BCUT2D eigenvalue weighted by Crippen LogP contribution is 2.50. The van der Waals surface area contributed by atoms with E-state index in [4.69, 9.17) is 39.5 Å². The van der Waals surface area contributed by atoms with Crippen LogP contribution in [0, 0.1) is 0 Å². The van der Waals surface area contributed by atoms with E-state index in [1.54, 1.807) is 48.5 Å². The van der Waals surface area contributed by atoms with Crippen LogP contribution in [0.3, 0.4) is 0 Å². The summed E-state index contributed by atoms with van der Waals surface area (Å²) in [4.78, 5) is 54.4. The number of phosphoric acid groups is 1. The predicted molar refractivity (Wildman–Crippen MR) is 185 cm³/mol. The van der Waals surface area contributed by atoms with Gasteiger partial charge in [0.2, 0.25) is 11.9 Å². The number of aromatic nitrogens is 7. The Morgan fingerprint density at radius 2 is 1.44 bits per heavy atom. The van der Waals surface area contributed by atoms with Gasteiger partial charge in [0.25, 0.3) is 5.56 Å². The molecule has 8 N–H and O–H groups in total. The first-order chi connectivity index (χ1) is 26.0. The van der Waals surface area contributed by atoms with E-state index in [9.17, 15) is 29.3 Å². The maximum Gasteiger partial charge on any atom is 0.472 e. The Balaban J connectivity index is 1.11. The van der Waals surface area contributed by atoms with Gasteiger partial charge in [-0.2, -0.15) is 9.97 Å². The van der Waals surface area contributed by atoms with Crippen molar-refractivity contribution >= 4 is 30.9 Å². The van der Waals surface area contributed by atoms with Crippen LogP contribution in [0.4, 0.5) is 11.9 Å². The molecule has 5 heterocycles. The highest BCUT2D eigenvalue weighted by molar-refractivity contribution is 7.47. The van der Waals surface area contributed by atoms with Crippen molar-refractivity contribution < 1.29 is 47.7 Å². The largest absolute Gasteiger partial charge is 0.472 e. The zero-order chi connectivity index (χ0) is 38.0. The summed E-state index contributed by atoms with van der Waals surface area (Å²) in [5.74, 6) is -0.482. The van der Waals surface area contributed by atoms with E-state index >= 15 is 0 Å². The van der Waals surface area contributed by atoms with Crippen LogP contribution < -0.4 is 22.7 Å². The van der Waals surface area contributed by atoms with Crippen LogP contribution in [0.5, 0.6) is 0 Å². The van der Waals surface area contributed by atoms with Gasteiger partial charge in [-0.1, -0.05) is 60.7 Å². The molecule has 3 aromatic heterocycles. The monoisotopic (exact) mass is 769 g/mol. The van der Waals surface area contributed by atoms with Crippen molar-refractivity contribution in [3.63, 3.8) is 0 Å². The summed E-state index contributed by atoms with van der Waals surface area (Å²) in [6.45, 7) is -1.43. The number of nitrogens with zero attached hydrogens (tertiary/aromatic N) is 6. The van der Waals surface area contributed by atoms with Crippen LogP contribution in [0.1, 0.15) is 23.6 Å². The van der Waals surface area contributed by atoms with Crippen molar-refractivity contribution in [2.45, 2.75) is 62.3 Å². The summed E-state index contributed by atoms with van der Waals surface area (Å²) in [6, 6.07) is 18.0. The summed E-state index contributed by atoms with van der Waals surface area (Å²) in [5.41, 5.74) is 11.3. The Morgan fingerprint density at radius 3 is 2.09 bits per heavy atom. The standard InChI is InChI=1S/C32H36N9O12P/c33-30-36-16-41(32(45)39-30)28-24(48-12-17-7-3-1-4-8-17)22(43)20(52-28)14-50-54(46,47)53-23-19(11-42)51-29(25(23)49-13-18-9-5-2-6-10-18)40-15-35-21-26(40)37-31(34)38-27(21)44/h1-10,15-16,19-20,22-25,28-29,42-43H,11-14H2,(H,46,47)(H2,33,39,45)(H3,34,37,38,44)/t19-,20-,22+,23?,24?,25?,28-,29-/m1/s1. The average molecular weight is 770 g/mol. The second kappa shape index (κ2) is 15.8. The lowest BCUT2D eigenvalue weighted by molar-refractivity contribution is -0.0821. The number of fused-ring (bicyclic) bond motifs is 1. The van der Waals surface area contributed by atoms with Gasteiger partial charge in [0.15, 0.2) is 23.6 Å². The number of hydrogen-bond donors (Lipinski definition) is 6. The number of H-pyrrole nitrogens is 1. The fourth-order valence-corrected chi connectivity index (χ4v) is 7.15. The predicted octanol–water partition coefficient (Wildman–Crippen LogP) is -0.243. The molecule has 7 rings (SSSR count). The zero-order valence-corrected chi connectivity index (χ0v) is 29.1. The molecule has 9 atom stereocenters. The number of ether oxygens (including phenoxy) is 4. The van der Waals surface area contributed by atoms with Gasteiger partial charge >= 0.3 is 13.5 Å². The minimum atomic E-state index is -5.09. The Morgan fingerprint density at radius 1 is 0.833 bits per heavy atom. The summed E-state index contributed by atoms with van der Waals surface area (Å²) in [6.07, 6.45) is -8.11. The van der Waals surface area contributed by atoms with Gasteiger partial charge in [0, 0.05) is 0 Å². The lowest BCUT2D eigenvalue weighted by Crippen LogP contribution is -2.39. The molecule has 2 aliphatic rings. The fourth-order valence-electron chi connectivity index (χ4n) is 6.19. The SMILES string of the molecule is Nc1ncn([C@@H]2O[C@H](COP(=O)(O)OC3C(OCc4ccccc4)[C@H](n4cnc5c(=O)[nH]c(N)nc54)O[C@@H]3CO)[C@H](O)C2OCc2ccccc2)c(=O)n1. The van der Waals surface area contributed by atoms with E-state index in [2.05, 4.69) is 24.9 Å². The van der Waals surface area contributed by atoms with Gasteiger partial charge in [0.1, 0.15) is 43.0 Å². The molecular weight excluding hydrogens is 733 g/mol. The van der Waals surface area contributed by atoms with E-state index in [0.29, 0.717) is 0 Å². The number of imidazole rings is 1. The van der Waals surface area contributed by atoms with Gasteiger partial charge in [0.05, 0.1) is 32.8 Å². The molecule has 2 fully saturated rings.